The van der Waals surface area contributed by atoms with E-state index >= 15 is 0 Å². The summed E-state index contributed by atoms with van der Waals surface area (Å²) in [4.78, 5) is 11.3. The average molecular weight is 201 g/mol. The van der Waals surface area contributed by atoms with E-state index in [2.05, 4.69) is 26.1 Å². The second-order valence-electron chi connectivity index (χ2n) is 4.77. The number of Topliss-reactive ketones (excluding diaryl/α,β-unsaturated/α-hetero) is 1. The Labute approximate surface area is 87.2 Å². The number of carbonyl (C=O) groups excluding carboxylic acids is 1. The Morgan fingerprint density at radius 3 is 2.50 bits per heavy atom. The van der Waals surface area contributed by atoms with Crippen LogP contribution >= 0.6 is 0 Å². The molecule has 14 heavy (non-hydrogen) atoms. The molecule has 1 N–H and O–H groups in total. The van der Waals surface area contributed by atoms with E-state index < -0.39 is 0 Å². The molecule has 0 aromatic rings. The van der Waals surface area contributed by atoms with E-state index in [1.54, 1.807) is 7.11 Å². The Hall–Kier alpha value is -0.410. The van der Waals surface area contributed by atoms with Crippen molar-refractivity contribution in [1.82, 2.24) is 5.32 Å². The zero-order chi connectivity index (χ0) is 11.0. The van der Waals surface area contributed by atoms with Gasteiger partial charge in [-0.2, -0.15) is 0 Å². The number of ether oxygens (including phenoxy) is 1. The number of ketones is 1. The summed E-state index contributed by atoms with van der Waals surface area (Å²) in [6.45, 7) is 8.33. The van der Waals surface area contributed by atoms with Crippen LogP contribution in [-0.2, 0) is 9.53 Å². The summed E-state index contributed by atoms with van der Waals surface area (Å²) in [6, 6.07) is 0. The number of hydrogen-bond acceptors (Lipinski definition) is 3. The Bertz CT molecular complexity index is 161. The van der Waals surface area contributed by atoms with Crippen LogP contribution in [0.4, 0.5) is 0 Å². The van der Waals surface area contributed by atoms with Crippen LogP contribution in [-0.4, -0.2) is 32.6 Å². The van der Waals surface area contributed by atoms with Crippen molar-refractivity contribution in [2.24, 2.45) is 5.41 Å². The van der Waals surface area contributed by atoms with E-state index in [9.17, 15) is 4.79 Å². The van der Waals surface area contributed by atoms with Crippen molar-refractivity contribution in [3.63, 3.8) is 0 Å². The first-order valence-corrected chi connectivity index (χ1v) is 5.17. The lowest BCUT2D eigenvalue weighted by Gasteiger charge is -2.17. The first-order valence-electron chi connectivity index (χ1n) is 5.17. The first kappa shape index (κ1) is 13.6. The minimum absolute atomic E-state index is 0.252. The van der Waals surface area contributed by atoms with Gasteiger partial charge in [-0.05, 0) is 11.8 Å². The Morgan fingerprint density at radius 1 is 1.36 bits per heavy atom. The third-order valence-corrected chi connectivity index (χ3v) is 1.96. The molecule has 0 saturated carbocycles. The summed E-state index contributed by atoms with van der Waals surface area (Å²) in [5, 5.41) is 3.05. The molecule has 0 aliphatic heterocycles. The molecule has 0 atom stereocenters. The van der Waals surface area contributed by atoms with Crippen molar-refractivity contribution < 1.29 is 9.53 Å². The van der Waals surface area contributed by atoms with Crippen LogP contribution in [0.15, 0.2) is 0 Å². The van der Waals surface area contributed by atoms with E-state index in [1.165, 1.54) is 0 Å². The van der Waals surface area contributed by atoms with Crippen LogP contribution in [0.5, 0.6) is 0 Å². The quantitative estimate of drug-likeness (QED) is 0.636. The fourth-order valence-electron chi connectivity index (χ4n) is 1.00. The Balaban J connectivity index is 3.38. The van der Waals surface area contributed by atoms with Gasteiger partial charge in [0.25, 0.3) is 0 Å². The molecular formula is C11H23NO2. The molecule has 0 unspecified atom stereocenters. The molecule has 0 fully saturated rings. The molecule has 0 aromatic heterocycles. The summed E-state index contributed by atoms with van der Waals surface area (Å²) in [7, 11) is 1.66. The maximum atomic E-state index is 11.3. The van der Waals surface area contributed by atoms with Gasteiger partial charge in [0.05, 0.1) is 13.2 Å². The monoisotopic (exact) mass is 201 g/mol. The second-order valence-corrected chi connectivity index (χ2v) is 4.77. The van der Waals surface area contributed by atoms with E-state index in [-0.39, 0.29) is 11.2 Å². The van der Waals surface area contributed by atoms with E-state index in [1.807, 2.05) is 0 Å². The fraction of sp³-hybridized carbons (Fsp3) is 0.909. The van der Waals surface area contributed by atoms with Gasteiger partial charge in [-0.15, -0.1) is 0 Å². The molecule has 3 heteroatoms. The van der Waals surface area contributed by atoms with Crippen molar-refractivity contribution in [1.29, 1.82) is 0 Å². The Kier molecular flexibility index (Phi) is 6.75. The van der Waals surface area contributed by atoms with Crippen LogP contribution in [0.2, 0.25) is 0 Å². The van der Waals surface area contributed by atoms with Gasteiger partial charge in [0.2, 0.25) is 0 Å². The van der Waals surface area contributed by atoms with Crippen LogP contribution in [0, 0.1) is 5.41 Å². The SMILES string of the molecule is COCCNCC(=O)CCC(C)(C)C. The lowest BCUT2D eigenvalue weighted by molar-refractivity contribution is -0.118. The van der Waals surface area contributed by atoms with Crippen LogP contribution in [0.1, 0.15) is 33.6 Å². The van der Waals surface area contributed by atoms with Crippen LogP contribution in [0.3, 0.4) is 0 Å². The summed E-state index contributed by atoms with van der Waals surface area (Å²) < 4.78 is 4.86. The lowest BCUT2D eigenvalue weighted by Crippen LogP contribution is -2.26. The van der Waals surface area contributed by atoms with Gasteiger partial charge in [0.15, 0.2) is 0 Å². The molecule has 0 radical (unpaired) electrons. The van der Waals surface area contributed by atoms with Gasteiger partial charge in [-0.25, -0.2) is 0 Å². The average Bonchev–Trinajstić information content (AvgIpc) is 2.08. The van der Waals surface area contributed by atoms with Crippen molar-refractivity contribution in [3.8, 4) is 0 Å². The van der Waals surface area contributed by atoms with Crippen LogP contribution in [0.25, 0.3) is 0 Å². The topological polar surface area (TPSA) is 38.3 Å². The summed E-state index contributed by atoms with van der Waals surface area (Å²) in [6.07, 6.45) is 1.63. The zero-order valence-corrected chi connectivity index (χ0v) is 9.85. The first-order chi connectivity index (χ1) is 6.45. The molecule has 0 aromatic carbocycles. The molecule has 0 rings (SSSR count). The third-order valence-electron chi connectivity index (χ3n) is 1.96. The summed E-state index contributed by atoms with van der Waals surface area (Å²) in [5.74, 6) is 0.288. The van der Waals surface area contributed by atoms with Crippen LogP contribution < -0.4 is 5.32 Å². The molecule has 0 bridgehead atoms. The normalized spacial score (nSPS) is 11.7. The van der Waals surface area contributed by atoms with Crippen molar-refractivity contribution in [2.45, 2.75) is 33.6 Å². The molecule has 0 spiro atoms. The van der Waals surface area contributed by atoms with E-state index in [0.717, 1.165) is 13.0 Å². The molecule has 3 nitrogen and oxygen atoms in total. The molecule has 0 amide bonds. The summed E-state index contributed by atoms with van der Waals surface area (Å²) in [5.41, 5.74) is 0.252. The van der Waals surface area contributed by atoms with Gasteiger partial charge < -0.3 is 10.1 Å². The molecular weight excluding hydrogens is 178 g/mol. The van der Waals surface area contributed by atoms with Gasteiger partial charge >= 0.3 is 0 Å². The summed E-state index contributed by atoms with van der Waals surface area (Å²) >= 11 is 0. The highest BCUT2D eigenvalue weighted by Gasteiger charge is 2.12. The molecule has 84 valence electrons. The van der Waals surface area contributed by atoms with E-state index in [4.69, 9.17) is 4.74 Å². The van der Waals surface area contributed by atoms with Gasteiger partial charge in [0, 0.05) is 20.1 Å². The van der Waals surface area contributed by atoms with Crippen molar-refractivity contribution in [2.75, 3.05) is 26.8 Å². The van der Waals surface area contributed by atoms with Gasteiger partial charge in [-0.3, -0.25) is 4.79 Å². The third kappa shape index (κ3) is 9.68. The van der Waals surface area contributed by atoms with Gasteiger partial charge in [-0.1, -0.05) is 20.8 Å². The van der Waals surface area contributed by atoms with E-state index in [0.29, 0.717) is 19.6 Å². The fourth-order valence-corrected chi connectivity index (χ4v) is 1.00. The largest absolute Gasteiger partial charge is 0.383 e. The smallest absolute Gasteiger partial charge is 0.146 e. The molecule has 0 aliphatic carbocycles. The highest BCUT2D eigenvalue weighted by molar-refractivity contribution is 5.80. The number of rotatable bonds is 7. The lowest BCUT2D eigenvalue weighted by atomic mass is 9.89. The zero-order valence-electron chi connectivity index (χ0n) is 9.85. The maximum Gasteiger partial charge on any atom is 0.146 e. The van der Waals surface area contributed by atoms with Gasteiger partial charge in [0.1, 0.15) is 5.78 Å². The minimum atomic E-state index is 0.252. The molecule has 0 heterocycles. The number of methoxy groups -OCH3 is 1. The predicted octanol–water partition coefficient (Wildman–Crippen LogP) is 1.62. The highest BCUT2D eigenvalue weighted by Crippen LogP contribution is 2.20. The molecule has 0 saturated heterocycles. The number of hydrogen-bond donors (Lipinski definition) is 1. The second kappa shape index (κ2) is 6.96. The van der Waals surface area contributed by atoms with Crippen molar-refractivity contribution in [3.05, 3.63) is 0 Å². The molecule has 0 aliphatic rings. The highest BCUT2D eigenvalue weighted by atomic mass is 16.5. The number of carbonyl (C=O) groups is 1. The Morgan fingerprint density at radius 2 is 2.00 bits per heavy atom. The minimum Gasteiger partial charge on any atom is -0.383 e. The van der Waals surface area contributed by atoms with Crippen molar-refractivity contribution >= 4 is 5.78 Å². The standard InChI is InChI=1S/C11H23NO2/c1-11(2,3)6-5-10(13)9-12-7-8-14-4/h12H,5-9H2,1-4H3. The maximum absolute atomic E-state index is 11.3. The number of nitrogens with one attached hydrogen (secondary N) is 1. The predicted molar refractivity (Wildman–Crippen MR) is 58.4 cm³/mol.